The molecular formula is C13H19N. The van der Waals surface area contributed by atoms with Gasteiger partial charge in [-0.25, -0.2) is 0 Å². The van der Waals surface area contributed by atoms with E-state index in [2.05, 4.69) is 45.7 Å². The van der Waals surface area contributed by atoms with Crippen molar-refractivity contribution in [1.29, 1.82) is 0 Å². The number of allylic oxidation sites excluding steroid dienone is 1. The van der Waals surface area contributed by atoms with Crippen molar-refractivity contribution < 1.29 is 0 Å². The third-order valence-corrected chi connectivity index (χ3v) is 2.95. The lowest BCUT2D eigenvalue weighted by molar-refractivity contribution is 1.24. The monoisotopic (exact) mass is 189 g/mol. The molecule has 0 bridgehead atoms. The van der Waals surface area contributed by atoms with Gasteiger partial charge in [0.15, 0.2) is 0 Å². The molecule has 14 heavy (non-hydrogen) atoms. The van der Waals surface area contributed by atoms with Crippen molar-refractivity contribution in [1.82, 2.24) is 0 Å². The fraction of sp³-hybridized carbons (Fsp3) is 0.385. The number of hydrogen-bond donors (Lipinski definition) is 1. The van der Waals surface area contributed by atoms with E-state index in [1.807, 2.05) is 7.05 Å². The highest BCUT2D eigenvalue weighted by Crippen LogP contribution is 2.28. The Labute approximate surface area is 86.8 Å². The van der Waals surface area contributed by atoms with Gasteiger partial charge in [0.2, 0.25) is 0 Å². The van der Waals surface area contributed by atoms with E-state index in [1.54, 1.807) is 0 Å². The third kappa shape index (κ3) is 1.67. The van der Waals surface area contributed by atoms with E-state index in [1.165, 1.54) is 27.9 Å². The molecular weight excluding hydrogens is 170 g/mol. The second kappa shape index (κ2) is 3.87. The molecule has 0 aliphatic rings. The van der Waals surface area contributed by atoms with Gasteiger partial charge in [-0.1, -0.05) is 12.2 Å². The van der Waals surface area contributed by atoms with Crippen LogP contribution in [0.3, 0.4) is 0 Å². The van der Waals surface area contributed by atoms with Crippen LogP contribution in [-0.4, -0.2) is 7.05 Å². The van der Waals surface area contributed by atoms with Crippen molar-refractivity contribution >= 4 is 11.3 Å². The zero-order valence-corrected chi connectivity index (χ0v) is 9.78. The van der Waals surface area contributed by atoms with Crippen LogP contribution in [0.2, 0.25) is 0 Å². The Hall–Kier alpha value is -1.24. The van der Waals surface area contributed by atoms with Crippen LogP contribution in [0.1, 0.15) is 29.2 Å². The van der Waals surface area contributed by atoms with E-state index in [9.17, 15) is 0 Å². The minimum atomic E-state index is 1.13. The van der Waals surface area contributed by atoms with Crippen LogP contribution in [-0.2, 0) is 0 Å². The molecule has 1 nitrogen and oxygen atoms in total. The molecule has 1 heteroatoms. The summed E-state index contributed by atoms with van der Waals surface area (Å²) in [7, 11) is 1.96. The van der Waals surface area contributed by atoms with E-state index >= 15 is 0 Å². The van der Waals surface area contributed by atoms with Gasteiger partial charge in [-0.2, -0.15) is 0 Å². The minimum absolute atomic E-state index is 1.13. The van der Waals surface area contributed by atoms with Crippen molar-refractivity contribution in [3.63, 3.8) is 0 Å². The van der Waals surface area contributed by atoms with Gasteiger partial charge in [0.25, 0.3) is 0 Å². The van der Waals surface area contributed by atoms with E-state index < -0.39 is 0 Å². The molecule has 1 aromatic rings. The molecule has 0 heterocycles. The first-order chi connectivity index (χ1) is 6.49. The van der Waals surface area contributed by atoms with Crippen molar-refractivity contribution in [2.75, 3.05) is 12.4 Å². The first-order valence-electron chi connectivity index (χ1n) is 4.93. The molecule has 1 rings (SSSR count). The van der Waals surface area contributed by atoms with Gasteiger partial charge in [0, 0.05) is 12.7 Å². The summed E-state index contributed by atoms with van der Waals surface area (Å²) >= 11 is 0. The number of anilines is 1. The zero-order valence-electron chi connectivity index (χ0n) is 9.78. The smallest absolute Gasteiger partial charge is 0.0376 e. The van der Waals surface area contributed by atoms with Crippen LogP contribution in [0.15, 0.2) is 12.6 Å². The van der Waals surface area contributed by atoms with Gasteiger partial charge < -0.3 is 5.32 Å². The summed E-state index contributed by atoms with van der Waals surface area (Å²) < 4.78 is 0. The van der Waals surface area contributed by atoms with Crippen LogP contribution < -0.4 is 5.32 Å². The molecule has 0 unspecified atom stereocenters. The van der Waals surface area contributed by atoms with E-state index in [0.717, 1.165) is 5.57 Å². The Kier molecular flexibility index (Phi) is 3.00. The van der Waals surface area contributed by atoms with E-state index in [-0.39, 0.29) is 0 Å². The summed E-state index contributed by atoms with van der Waals surface area (Å²) in [5, 5.41) is 3.22. The third-order valence-electron chi connectivity index (χ3n) is 2.95. The quantitative estimate of drug-likeness (QED) is 0.748. The average Bonchev–Trinajstić information content (AvgIpc) is 2.14. The fourth-order valence-electron chi connectivity index (χ4n) is 1.75. The Morgan fingerprint density at radius 3 is 2.14 bits per heavy atom. The largest absolute Gasteiger partial charge is 0.388 e. The highest BCUT2D eigenvalue weighted by molar-refractivity contribution is 5.72. The predicted molar refractivity (Wildman–Crippen MR) is 64.9 cm³/mol. The molecule has 0 aromatic heterocycles. The maximum Gasteiger partial charge on any atom is 0.0376 e. The standard InChI is InChI=1S/C13H19N/c1-8(2)12-7-13(14-6)11(5)9(3)10(12)4/h7,14H,1H2,2-6H3. The SMILES string of the molecule is C=C(C)c1cc(NC)c(C)c(C)c1C. The Morgan fingerprint density at radius 2 is 1.71 bits per heavy atom. The first-order valence-corrected chi connectivity index (χ1v) is 4.93. The van der Waals surface area contributed by atoms with E-state index in [0.29, 0.717) is 0 Å². The average molecular weight is 189 g/mol. The molecule has 1 aromatic carbocycles. The number of benzene rings is 1. The lowest BCUT2D eigenvalue weighted by atomic mass is 9.94. The van der Waals surface area contributed by atoms with Crippen molar-refractivity contribution in [2.24, 2.45) is 0 Å². The number of nitrogens with one attached hydrogen (secondary N) is 1. The van der Waals surface area contributed by atoms with E-state index in [4.69, 9.17) is 0 Å². The van der Waals surface area contributed by atoms with Crippen LogP contribution >= 0.6 is 0 Å². The van der Waals surface area contributed by atoms with Gasteiger partial charge in [0.05, 0.1) is 0 Å². The number of hydrogen-bond acceptors (Lipinski definition) is 1. The Bertz CT molecular complexity index is 375. The second-order valence-electron chi connectivity index (χ2n) is 3.88. The molecule has 0 saturated carbocycles. The van der Waals surface area contributed by atoms with Crippen LogP contribution in [0.25, 0.3) is 5.57 Å². The van der Waals surface area contributed by atoms with Crippen molar-refractivity contribution in [3.05, 3.63) is 34.9 Å². The minimum Gasteiger partial charge on any atom is -0.388 e. The van der Waals surface area contributed by atoms with Crippen molar-refractivity contribution in [3.8, 4) is 0 Å². The molecule has 0 saturated heterocycles. The summed E-state index contributed by atoms with van der Waals surface area (Å²) in [5.74, 6) is 0. The Morgan fingerprint density at radius 1 is 1.14 bits per heavy atom. The van der Waals surface area contributed by atoms with Crippen LogP contribution in [0.5, 0.6) is 0 Å². The molecule has 0 atom stereocenters. The lowest BCUT2D eigenvalue weighted by Gasteiger charge is -2.15. The second-order valence-corrected chi connectivity index (χ2v) is 3.88. The predicted octanol–water partition coefficient (Wildman–Crippen LogP) is 3.69. The summed E-state index contributed by atoms with van der Waals surface area (Å²) in [5.41, 5.74) is 7.62. The summed E-state index contributed by atoms with van der Waals surface area (Å²) in [6.07, 6.45) is 0. The summed E-state index contributed by atoms with van der Waals surface area (Å²) in [6.45, 7) is 12.5. The Balaban J connectivity index is 3.48. The molecule has 0 aliphatic heterocycles. The van der Waals surface area contributed by atoms with Crippen LogP contribution in [0, 0.1) is 20.8 Å². The maximum atomic E-state index is 4.00. The molecule has 0 spiro atoms. The van der Waals surface area contributed by atoms with Gasteiger partial charge in [0.1, 0.15) is 0 Å². The maximum absolute atomic E-state index is 4.00. The molecule has 0 amide bonds. The fourth-order valence-corrected chi connectivity index (χ4v) is 1.75. The van der Waals surface area contributed by atoms with Crippen LogP contribution in [0.4, 0.5) is 5.69 Å². The van der Waals surface area contributed by atoms with Gasteiger partial charge in [-0.3, -0.25) is 0 Å². The molecule has 0 aliphatic carbocycles. The van der Waals surface area contributed by atoms with Gasteiger partial charge in [-0.15, -0.1) is 0 Å². The van der Waals surface area contributed by atoms with Crippen molar-refractivity contribution in [2.45, 2.75) is 27.7 Å². The van der Waals surface area contributed by atoms with Gasteiger partial charge >= 0.3 is 0 Å². The molecule has 1 N–H and O–H groups in total. The highest BCUT2D eigenvalue weighted by atomic mass is 14.8. The zero-order chi connectivity index (χ0) is 10.9. The molecule has 76 valence electrons. The summed E-state index contributed by atoms with van der Waals surface area (Å²) in [4.78, 5) is 0. The normalized spacial score (nSPS) is 10.1. The lowest BCUT2D eigenvalue weighted by Crippen LogP contribution is -1.99. The highest BCUT2D eigenvalue weighted by Gasteiger charge is 2.08. The topological polar surface area (TPSA) is 12.0 Å². The van der Waals surface area contributed by atoms with Gasteiger partial charge in [-0.05, 0) is 56.0 Å². The molecule has 0 radical (unpaired) electrons. The number of rotatable bonds is 2. The molecule has 0 fully saturated rings. The first kappa shape index (κ1) is 10.8. The summed E-state index contributed by atoms with van der Waals surface area (Å²) in [6, 6.07) is 2.18.